The van der Waals surface area contributed by atoms with Crippen LogP contribution >= 0.6 is 24.2 Å². The third-order valence-electron chi connectivity index (χ3n) is 4.99. The average molecular weight is 355 g/mol. The molecule has 0 aromatic carbocycles. The van der Waals surface area contributed by atoms with E-state index in [0.29, 0.717) is 11.8 Å². The van der Waals surface area contributed by atoms with Crippen molar-refractivity contribution in [3.8, 4) is 0 Å². The first-order chi connectivity index (χ1) is 10.5. The fourth-order valence-corrected chi connectivity index (χ4v) is 5.87. The zero-order valence-corrected chi connectivity index (χ0v) is 15.8. The molecule has 2 aliphatic heterocycles. The lowest BCUT2D eigenvalue weighted by molar-refractivity contribution is -0.126. The molecular weight excluding hydrogens is 328 g/mol. The molecule has 1 saturated heterocycles. The van der Waals surface area contributed by atoms with Crippen molar-refractivity contribution in [2.24, 2.45) is 22.7 Å². The Hall–Kier alpha value is -0.740. The van der Waals surface area contributed by atoms with Crippen molar-refractivity contribution in [2.75, 3.05) is 5.75 Å². The normalized spacial score (nSPS) is 32.6. The number of carbonyl (C=O) groups is 1. The fourth-order valence-electron chi connectivity index (χ4n) is 4.05. The van der Waals surface area contributed by atoms with E-state index in [2.05, 4.69) is 49.3 Å². The fraction of sp³-hybridized carbons (Fsp3) is 0.667. The largest absolute Gasteiger partial charge is 0.353 e. The number of carbonyl (C=O) groups excluding carboxylic acids is 1. The third-order valence-corrected chi connectivity index (χ3v) is 6.71. The van der Waals surface area contributed by atoms with Gasteiger partial charge in [-0.3, -0.25) is 9.79 Å². The van der Waals surface area contributed by atoms with E-state index in [1.807, 2.05) is 18.0 Å². The summed E-state index contributed by atoms with van der Waals surface area (Å²) in [5.41, 5.74) is 1.17. The summed E-state index contributed by atoms with van der Waals surface area (Å²) in [6.07, 6.45) is 11.4. The molecule has 0 aromatic rings. The van der Waals surface area contributed by atoms with Crippen LogP contribution in [0.15, 0.2) is 28.9 Å². The number of hydrogen-bond acceptors (Lipinski definition) is 3. The first-order valence-electron chi connectivity index (χ1n) is 8.37. The highest BCUT2D eigenvalue weighted by Crippen LogP contribution is 2.57. The van der Waals surface area contributed by atoms with Crippen molar-refractivity contribution in [2.45, 2.75) is 50.8 Å². The standard InChI is InChI=1S/C18H26N2OS.ClH/c1-12(2)10-13(3)20-17(21)14-11-22-18-8-5-4-6-16(18)19-9-7-15(14)18;/h4-6,9,12-15H,7-8,10-11H2,1-3H3,(H,20,21);1H. The summed E-state index contributed by atoms with van der Waals surface area (Å²) in [7, 11) is 0. The summed E-state index contributed by atoms with van der Waals surface area (Å²) < 4.78 is 0.0484. The highest BCUT2D eigenvalue weighted by atomic mass is 35.5. The second kappa shape index (κ2) is 7.43. The lowest BCUT2D eigenvalue weighted by Gasteiger charge is -2.39. The van der Waals surface area contributed by atoms with Crippen molar-refractivity contribution in [3.05, 3.63) is 23.9 Å². The van der Waals surface area contributed by atoms with Crippen LogP contribution in [0.4, 0.5) is 0 Å². The summed E-state index contributed by atoms with van der Waals surface area (Å²) >= 11 is 1.94. The van der Waals surface area contributed by atoms with Gasteiger partial charge in [0.1, 0.15) is 0 Å². The van der Waals surface area contributed by atoms with Crippen molar-refractivity contribution in [1.82, 2.24) is 5.32 Å². The molecule has 3 aliphatic rings. The van der Waals surface area contributed by atoms with Crippen LogP contribution in [0.3, 0.4) is 0 Å². The van der Waals surface area contributed by atoms with Crippen LogP contribution in [0, 0.1) is 17.8 Å². The number of halogens is 1. The van der Waals surface area contributed by atoms with Gasteiger partial charge in [0.25, 0.3) is 0 Å². The van der Waals surface area contributed by atoms with Gasteiger partial charge in [-0.05, 0) is 44.1 Å². The molecule has 4 atom stereocenters. The Morgan fingerprint density at radius 2 is 2.26 bits per heavy atom. The van der Waals surface area contributed by atoms with E-state index in [1.165, 1.54) is 5.70 Å². The Kier molecular flexibility index (Phi) is 6.01. The van der Waals surface area contributed by atoms with E-state index in [1.54, 1.807) is 0 Å². The SMILES string of the molecule is CC(C)CC(C)NC(=O)C1CSC23CC=CC=C2N=CCC13.Cl. The first-order valence-corrected chi connectivity index (χ1v) is 9.35. The third kappa shape index (κ3) is 3.53. The van der Waals surface area contributed by atoms with Crippen LogP contribution in [0.2, 0.25) is 0 Å². The average Bonchev–Trinajstić information content (AvgIpc) is 2.83. The van der Waals surface area contributed by atoms with E-state index in [9.17, 15) is 4.79 Å². The predicted molar refractivity (Wildman–Crippen MR) is 101 cm³/mol. The van der Waals surface area contributed by atoms with Gasteiger partial charge in [-0.2, -0.15) is 0 Å². The summed E-state index contributed by atoms with van der Waals surface area (Å²) in [6.45, 7) is 6.52. The van der Waals surface area contributed by atoms with Crippen LogP contribution in [-0.2, 0) is 4.79 Å². The van der Waals surface area contributed by atoms with E-state index in [-0.39, 0.29) is 35.0 Å². The van der Waals surface area contributed by atoms with Crippen molar-refractivity contribution in [1.29, 1.82) is 0 Å². The quantitative estimate of drug-likeness (QED) is 0.829. The number of amides is 1. The minimum Gasteiger partial charge on any atom is -0.353 e. The number of nitrogens with one attached hydrogen (secondary N) is 1. The second-order valence-electron chi connectivity index (χ2n) is 7.18. The van der Waals surface area contributed by atoms with Gasteiger partial charge in [0.05, 0.1) is 16.4 Å². The monoisotopic (exact) mass is 354 g/mol. The summed E-state index contributed by atoms with van der Waals surface area (Å²) in [6, 6.07) is 0.257. The lowest BCUT2D eigenvalue weighted by atomic mass is 9.73. The van der Waals surface area contributed by atoms with E-state index >= 15 is 0 Å². The van der Waals surface area contributed by atoms with Gasteiger partial charge in [-0.15, -0.1) is 24.2 Å². The zero-order valence-electron chi connectivity index (χ0n) is 14.1. The molecule has 1 aliphatic carbocycles. The van der Waals surface area contributed by atoms with Gasteiger partial charge in [0.15, 0.2) is 0 Å². The molecule has 0 aromatic heterocycles. The number of hydrogen-bond donors (Lipinski definition) is 1. The van der Waals surface area contributed by atoms with Gasteiger partial charge in [0, 0.05) is 18.0 Å². The Bertz CT molecular complexity index is 543. The summed E-state index contributed by atoms with van der Waals surface area (Å²) in [5.74, 6) is 2.27. The molecule has 3 rings (SSSR count). The Morgan fingerprint density at radius 3 is 3.00 bits per heavy atom. The topological polar surface area (TPSA) is 41.5 Å². The Morgan fingerprint density at radius 1 is 1.48 bits per heavy atom. The molecule has 1 fully saturated rings. The molecule has 1 amide bonds. The Labute approximate surface area is 149 Å². The smallest absolute Gasteiger partial charge is 0.224 e. The maximum Gasteiger partial charge on any atom is 0.224 e. The number of thioether (sulfide) groups is 1. The van der Waals surface area contributed by atoms with Gasteiger partial charge >= 0.3 is 0 Å². The highest BCUT2D eigenvalue weighted by molar-refractivity contribution is 8.01. The van der Waals surface area contributed by atoms with Gasteiger partial charge in [-0.25, -0.2) is 0 Å². The molecule has 1 spiro atoms. The molecule has 0 radical (unpaired) electrons. The minimum atomic E-state index is 0. The zero-order chi connectivity index (χ0) is 15.7. The number of nitrogens with zero attached hydrogens (tertiary/aromatic N) is 1. The van der Waals surface area contributed by atoms with Crippen LogP contribution in [0.5, 0.6) is 0 Å². The molecule has 1 N–H and O–H groups in total. The number of rotatable bonds is 4. The van der Waals surface area contributed by atoms with Crippen molar-refractivity contribution in [3.63, 3.8) is 0 Å². The predicted octanol–water partition coefficient (Wildman–Crippen LogP) is 4.00. The maximum atomic E-state index is 12.8. The summed E-state index contributed by atoms with van der Waals surface area (Å²) in [4.78, 5) is 17.4. The van der Waals surface area contributed by atoms with Gasteiger partial charge < -0.3 is 5.32 Å². The minimum absolute atomic E-state index is 0. The van der Waals surface area contributed by atoms with Gasteiger partial charge in [0.2, 0.25) is 5.91 Å². The molecular formula is C18H27ClN2OS. The van der Waals surface area contributed by atoms with Crippen molar-refractivity contribution >= 4 is 36.3 Å². The van der Waals surface area contributed by atoms with E-state index in [0.717, 1.165) is 25.0 Å². The van der Waals surface area contributed by atoms with Crippen molar-refractivity contribution < 1.29 is 4.79 Å². The van der Waals surface area contributed by atoms with Gasteiger partial charge in [-0.1, -0.05) is 26.0 Å². The van der Waals surface area contributed by atoms with Crippen LogP contribution in [0.25, 0.3) is 0 Å². The molecule has 128 valence electrons. The lowest BCUT2D eigenvalue weighted by Crippen LogP contribution is -2.45. The first kappa shape index (κ1) is 18.6. The second-order valence-corrected chi connectivity index (χ2v) is 8.53. The molecule has 4 unspecified atom stereocenters. The molecule has 2 heterocycles. The molecule has 0 bridgehead atoms. The van der Waals surface area contributed by atoms with E-state index < -0.39 is 0 Å². The van der Waals surface area contributed by atoms with Crippen LogP contribution < -0.4 is 5.32 Å². The molecule has 0 saturated carbocycles. The molecule has 23 heavy (non-hydrogen) atoms. The number of allylic oxidation sites excluding steroid dienone is 3. The van der Waals surface area contributed by atoms with Crippen LogP contribution in [0.1, 0.15) is 40.0 Å². The van der Waals surface area contributed by atoms with Crippen LogP contribution in [-0.4, -0.2) is 28.7 Å². The van der Waals surface area contributed by atoms with E-state index in [4.69, 9.17) is 0 Å². The Balaban J connectivity index is 0.00000192. The molecule has 3 nitrogen and oxygen atoms in total. The molecule has 5 heteroatoms. The maximum absolute atomic E-state index is 12.8. The highest BCUT2D eigenvalue weighted by Gasteiger charge is 2.54. The number of aliphatic imine (C=N–C) groups is 1. The summed E-state index contributed by atoms with van der Waals surface area (Å²) in [5, 5.41) is 3.24.